The van der Waals surface area contributed by atoms with Crippen molar-refractivity contribution in [3.05, 3.63) is 112 Å². The lowest BCUT2D eigenvalue weighted by molar-refractivity contribution is 0.203. The minimum absolute atomic E-state index is 0.242. The summed E-state index contributed by atoms with van der Waals surface area (Å²) in [6.07, 6.45) is 0. The summed E-state index contributed by atoms with van der Waals surface area (Å²) in [4.78, 5) is 19.4. The van der Waals surface area contributed by atoms with Crippen LogP contribution in [0.1, 0.15) is 30.0 Å². The van der Waals surface area contributed by atoms with Crippen LogP contribution in [-0.4, -0.2) is 21.1 Å². The summed E-state index contributed by atoms with van der Waals surface area (Å²) in [6.45, 7) is 2.24. The zero-order chi connectivity index (χ0) is 23.7. The van der Waals surface area contributed by atoms with Crippen molar-refractivity contribution in [2.45, 2.75) is 19.5 Å². The first kappa shape index (κ1) is 21.9. The summed E-state index contributed by atoms with van der Waals surface area (Å²) in [5, 5.41) is 7.71. The predicted molar refractivity (Wildman–Crippen MR) is 127 cm³/mol. The third kappa shape index (κ3) is 4.30. The molecule has 0 bridgehead atoms. The van der Waals surface area contributed by atoms with E-state index in [0.717, 1.165) is 11.1 Å². The lowest BCUT2D eigenvalue weighted by atomic mass is 9.94. The van der Waals surface area contributed by atoms with Crippen molar-refractivity contribution in [1.82, 2.24) is 20.4 Å². The molecule has 34 heavy (non-hydrogen) atoms. The van der Waals surface area contributed by atoms with E-state index in [9.17, 15) is 9.18 Å². The van der Waals surface area contributed by atoms with Crippen LogP contribution in [0.15, 0.2) is 89.1 Å². The lowest BCUT2D eigenvalue weighted by Gasteiger charge is -2.35. The predicted octanol–water partition coefficient (Wildman–Crippen LogP) is 6.23. The fraction of sp³-hybridized carbons (Fsp3) is 0.115. The van der Waals surface area contributed by atoms with Crippen LogP contribution in [0.4, 0.5) is 9.18 Å². The van der Waals surface area contributed by atoms with Crippen molar-refractivity contribution in [1.29, 1.82) is 0 Å². The zero-order valence-corrected chi connectivity index (χ0v) is 19.0. The first-order valence-electron chi connectivity index (χ1n) is 10.7. The van der Waals surface area contributed by atoms with Crippen LogP contribution in [0.2, 0.25) is 5.02 Å². The average Bonchev–Trinajstić information content (AvgIpc) is 3.32. The van der Waals surface area contributed by atoms with Gasteiger partial charge in [0.25, 0.3) is 5.89 Å². The van der Waals surface area contributed by atoms with Crippen molar-refractivity contribution in [3.8, 4) is 11.4 Å². The number of amides is 2. The summed E-state index contributed by atoms with van der Waals surface area (Å²) >= 11 is 6.24. The number of hydrogen-bond acceptors (Lipinski definition) is 4. The Bertz CT molecular complexity index is 1370. The molecular formula is C26H20ClFN4O2. The van der Waals surface area contributed by atoms with E-state index in [-0.39, 0.29) is 17.7 Å². The average molecular weight is 475 g/mol. The van der Waals surface area contributed by atoms with Gasteiger partial charge in [-0.2, -0.15) is 4.98 Å². The maximum absolute atomic E-state index is 13.4. The van der Waals surface area contributed by atoms with Gasteiger partial charge in [-0.05, 0) is 54.4 Å². The molecule has 4 aromatic rings. The van der Waals surface area contributed by atoms with Crippen LogP contribution in [-0.2, 0) is 6.54 Å². The summed E-state index contributed by atoms with van der Waals surface area (Å²) < 4.78 is 19.0. The van der Waals surface area contributed by atoms with Gasteiger partial charge in [0, 0.05) is 16.3 Å². The molecule has 1 aliphatic rings. The molecule has 2 heterocycles. The normalized spacial score (nSPS) is 16.0. The SMILES string of the molecule is CC1=C(c2nc(-c3ccc(F)cc3)no2)C(c2cccc(Cl)c2)NC(=O)N1Cc1ccccc1. The van der Waals surface area contributed by atoms with E-state index in [2.05, 4.69) is 15.5 Å². The second-order valence-corrected chi connectivity index (χ2v) is 8.37. The molecule has 0 saturated heterocycles. The summed E-state index contributed by atoms with van der Waals surface area (Å²) in [5.41, 5.74) is 3.74. The minimum Gasteiger partial charge on any atom is -0.334 e. The number of aromatic nitrogens is 2. The summed E-state index contributed by atoms with van der Waals surface area (Å²) in [6, 6.07) is 22.1. The quantitative estimate of drug-likeness (QED) is 0.372. The topological polar surface area (TPSA) is 71.3 Å². The Kier molecular flexibility index (Phi) is 5.86. The monoisotopic (exact) mass is 474 g/mol. The fourth-order valence-electron chi connectivity index (χ4n) is 4.00. The van der Waals surface area contributed by atoms with E-state index >= 15 is 0 Å². The van der Waals surface area contributed by atoms with Gasteiger partial charge in [-0.15, -0.1) is 0 Å². The number of carbonyl (C=O) groups is 1. The van der Waals surface area contributed by atoms with Crippen LogP contribution in [0.25, 0.3) is 17.0 Å². The van der Waals surface area contributed by atoms with Gasteiger partial charge < -0.3 is 9.84 Å². The molecule has 0 spiro atoms. The molecule has 0 saturated carbocycles. The maximum atomic E-state index is 13.4. The molecule has 1 aromatic heterocycles. The van der Waals surface area contributed by atoms with Crippen LogP contribution in [0.3, 0.4) is 0 Å². The molecule has 6 nitrogen and oxygen atoms in total. The number of carbonyl (C=O) groups excluding carboxylic acids is 1. The number of allylic oxidation sites excluding steroid dienone is 1. The molecule has 170 valence electrons. The minimum atomic E-state index is -0.542. The largest absolute Gasteiger partial charge is 0.334 e. The lowest BCUT2D eigenvalue weighted by Crippen LogP contribution is -2.45. The smallest absolute Gasteiger partial charge is 0.322 e. The molecule has 2 amide bonds. The molecule has 0 aliphatic carbocycles. The van der Waals surface area contributed by atoms with E-state index in [1.54, 1.807) is 29.2 Å². The first-order valence-corrected chi connectivity index (χ1v) is 11.1. The van der Waals surface area contributed by atoms with Gasteiger partial charge in [-0.25, -0.2) is 9.18 Å². The van der Waals surface area contributed by atoms with E-state index in [0.29, 0.717) is 34.2 Å². The molecule has 1 N–H and O–H groups in total. The molecule has 1 atom stereocenters. The number of halogens is 2. The summed E-state index contributed by atoms with van der Waals surface area (Å²) in [5.74, 6) is 0.241. The van der Waals surface area contributed by atoms with Crippen molar-refractivity contribution >= 4 is 23.2 Å². The maximum Gasteiger partial charge on any atom is 0.322 e. The zero-order valence-electron chi connectivity index (χ0n) is 18.2. The van der Waals surface area contributed by atoms with Gasteiger partial charge in [0.15, 0.2) is 0 Å². The summed E-state index contributed by atoms with van der Waals surface area (Å²) in [7, 11) is 0. The Hall–Kier alpha value is -3.97. The molecule has 0 radical (unpaired) electrons. The Balaban J connectivity index is 1.60. The number of benzene rings is 3. The van der Waals surface area contributed by atoms with Crippen molar-refractivity contribution in [2.75, 3.05) is 0 Å². The molecule has 1 aliphatic heterocycles. The fourth-order valence-corrected chi connectivity index (χ4v) is 4.20. The number of urea groups is 1. The van der Waals surface area contributed by atoms with Gasteiger partial charge in [0.2, 0.25) is 5.82 Å². The number of rotatable bonds is 5. The Labute approximate surface area is 200 Å². The standard InChI is InChI=1S/C26H20ClFN4O2/c1-16-22(25-30-24(31-34-25)18-10-12-21(28)13-11-18)23(19-8-5-9-20(27)14-19)29-26(33)32(16)15-17-6-3-2-4-7-17/h2-14,23H,15H2,1H3,(H,29,33). The van der Waals surface area contributed by atoms with Gasteiger partial charge >= 0.3 is 6.03 Å². The second-order valence-electron chi connectivity index (χ2n) is 7.94. The molecule has 5 rings (SSSR count). The van der Waals surface area contributed by atoms with Crippen molar-refractivity contribution in [2.24, 2.45) is 0 Å². The number of nitrogens with one attached hydrogen (secondary N) is 1. The van der Waals surface area contributed by atoms with Crippen LogP contribution >= 0.6 is 11.6 Å². The molecule has 3 aromatic carbocycles. The van der Waals surface area contributed by atoms with Gasteiger partial charge in [0.1, 0.15) is 5.82 Å². The Morgan fingerprint density at radius 3 is 2.56 bits per heavy atom. The molecule has 1 unspecified atom stereocenters. The highest BCUT2D eigenvalue weighted by molar-refractivity contribution is 6.30. The Morgan fingerprint density at radius 1 is 1.06 bits per heavy atom. The van der Waals surface area contributed by atoms with Crippen molar-refractivity contribution < 1.29 is 13.7 Å². The van der Waals surface area contributed by atoms with E-state index in [4.69, 9.17) is 16.1 Å². The van der Waals surface area contributed by atoms with Crippen LogP contribution < -0.4 is 5.32 Å². The number of nitrogens with zero attached hydrogens (tertiary/aromatic N) is 3. The van der Waals surface area contributed by atoms with Crippen LogP contribution in [0.5, 0.6) is 0 Å². The van der Waals surface area contributed by atoms with Gasteiger partial charge in [-0.1, -0.05) is 59.2 Å². The third-order valence-corrected chi connectivity index (χ3v) is 5.96. The number of hydrogen-bond donors (Lipinski definition) is 1. The van der Waals surface area contributed by atoms with Crippen molar-refractivity contribution in [3.63, 3.8) is 0 Å². The highest BCUT2D eigenvalue weighted by Gasteiger charge is 2.35. The van der Waals surface area contributed by atoms with E-state index < -0.39 is 6.04 Å². The van der Waals surface area contributed by atoms with E-state index in [1.807, 2.05) is 49.4 Å². The molecule has 8 heteroatoms. The Morgan fingerprint density at radius 2 is 1.82 bits per heavy atom. The van der Waals surface area contributed by atoms with Gasteiger partial charge in [0.05, 0.1) is 18.2 Å². The first-order chi connectivity index (χ1) is 16.5. The van der Waals surface area contributed by atoms with Crippen LogP contribution in [0, 0.1) is 5.82 Å². The second kappa shape index (κ2) is 9.11. The highest BCUT2D eigenvalue weighted by Crippen LogP contribution is 2.38. The molecule has 0 fully saturated rings. The molecular weight excluding hydrogens is 455 g/mol. The third-order valence-electron chi connectivity index (χ3n) is 5.72. The van der Waals surface area contributed by atoms with E-state index in [1.165, 1.54) is 12.1 Å². The highest BCUT2D eigenvalue weighted by atomic mass is 35.5. The van der Waals surface area contributed by atoms with Gasteiger partial charge in [-0.3, -0.25) is 4.90 Å².